The topological polar surface area (TPSA) is 73.0 Å². The van der Waals surface area contributed by atoms with Gasteiger partial charge in [-0.15, -0.1) is 0 Å². The molecule has 0 spiro atoms. The molecule has 3 rings (SSSR count). The van der Waals surface area contributed by atoms with Crippen LogP contribution in [0.4, 0.5) is 5.69 Å². The molecular weight excluding hydrogens is 412 g/mol. The van der Waals surface area contributed by atoms with Crippen molar-refractivity contribution in [3.05, 3.63) is 60.2 Å². The summed E-state index contributed by atoms with van der Waals surface area (Å²) in [4.78, 5) is 17.5. The molecule has 1 aliphatic heterocycles. The van der Waals surface area contributed by atoms with Crippen LogP contribution < -0.4 is 9.62 Å². The maximum absolute atomic E-state index is 13.3. The number of nitrogens with one attached hydrogen (secondary N) is 1. The lowest BCUT2D eigenvalue weighted by molar-refractivity contribution is -0.119. The van der Waals surface area contributed by atoms with Gasteiger partial charge in [0.15, 0.2) is 0 Å². The number of hydrogen-bond acceptors (Lipinski definition) is 5. The third kappa shape index (κ3) is 6.29. The molecule has 1 aliphatic rings. The molecule has 168 valence electrons. The number of piperazine rings is 1. The van der Waals surface area contributed by atoms with Gasteiger partial charge in [-0.1, -0.05) is 36.4 Å². The third-order valence-electron chi connectivity index (χ3n) is 5.57. The van der Waals surface area contributed by atoms with Crippen molar-refractivity contribution in [2.75, 3.05) is 57.2 Å². The number of amides is 1. The van der Waals surface area contributed by atoms with E-state index in [1.165, 1.54) is 4.31 Å². The fourth-order valence-corrected chi connectivity index (χ4v) is 5.16. The molecule has 0 saturated carbocycles. The van der Waals surface area contributed by atoms with Gasteiger partial charge in [0.25, 0.3) is 10.0 Å². The summed E-state index contributed by atoms with van der Waals surface area (Å²) in [6.07, 6.45) is 0.839. The van der Waals surface area contributed by atoms with Crippen molar-refractivity contribution in [2.24, 2.45) is 0 Å². The van der Waals surface area contributed by atoms with Gasteiger partial charge in [0.2, 0.25) is 5.91 Å². The molecule has 0 bridgehead atoms. The predicted molar refractivity (Wildman–Crippen MR) is 124 cm³/mol. The number of para-hydroxylation sites is 1. The number of nitrogens with zero attached hydrogens (tertiary/aromatic N) is 3. The molecule has 1 fully saturated rings. The first kappa shape index (κ1) is 23.2. The van der Waals surface area contributed by atoms with Gasteiger partial charge in [0, 0.05) is 32.7 Å². The molecule has 1 N–H and O–H groups in total. The number of aryl methyl sites for hydroxylation is 1. The number of anilines is 1. The first-order valence-corrected chi connectivity index (χ1v) is 12.1. The Bertz CT molecular complexity index is 958. The molecule has 1 amide bonds. The normalized spacial score (nSPS) is 15.5. The lowest BCUT2D eigenvalue weighted by atomic mass is 10.2. The molecule has 0 unspecified atom stereocenters. The smallest absolute Gasteiger partial charge is 0.264 e. The van der Waals surface area contributed by atoms with Crippen LogP contribution in [0.3, 0.4) is 0 Å². The van der Waals surface area contributed by atoms with Crippen LogP contribution in [0.1, 0.15) is 12.0 Å². The Morgan fingerprint density at radius 1 is 1.00 bits per heavy atom. The number of benzene rings is 2. The van der Waals surface area contributed by atoms with E-state index < -0.39 is 10.0 Å². The summed E-state index contributed by atoms with van der Waals surface area (Å²) in [5.74, 6) is -0.305. The molecule has 31 heavy (non-hydrogen) atoms. The van der Waals surface area contributed by atoms with Crippen molar-refractivity contribution >= 4 is 21.6 Å². The van der Waals surface area contributed by atoms with Crippen LogP contribution in [0, 0.1) is 6.92 Å². The van der Waals surface area contributed by atoms with Gasteiger partial charge in [-0.3, -0.25) is 9.10 Å². The SMILES string of the molecule is Cc1ccccc1N(CC(=O)NCCCN1CCN(C)CC1)S(=O)(=O)c1ccccc1. The highest BCUT2D eigenvalue weighted by Crippen LogP contribution is 2.26. The maximum Gasteiger partial charge on any atom is 0.264 e. The molecule has 1 saturated heterocycles. The highest BCUT2D eigenvalue weighted by Gasteiger charge is 2.28. The molecule has 2 aromatic rings. The number of hydrogen-bond donors (Lipinski definition) is 1. The molecule has 1 heterocycles. The average Bonchev–Trinajstić information content (AvgIpc) is 2.77. The Morgan fingerprint density at radius 2 is 1.65 bits per heavy atom. The van der Waals surface area contributed by atoms with Crippen molar-refractivity contribution in [1.82, 2.24) is 15.1 Å². The van der Waals surface area contributed by atoms with Gasteiger partial charge in [-0.05, 0) is 50.7 Å². The summed E-state index contributed by atoms with van der Waals surface area (Å²) in [5, 5.41) is 2.89. The van der Waals surface area contributed by atoms with E-state index in [2.05, 4.69) is 22.2 Å². The summed E-state index contributed by atoms with van der Waals surface area (Å²) < 4.78 is 27.8. The number of sulfonamides is 1. The average molecular weight is 445 g/mol. The van der Waals surface area contributed by atoms with E-state index in [1.54, 1.807) is 42.5 Å². The molecule has 2 aromatic carbocycles. The van der Waals surface area contributed by atoms with E-state index in [0.717, 1.165) is 44.7 Å². The van der Waals surface area contributed by atoms with Gasteiger partial charge in [-0.2, -0.15) is 0 Å². The summed E-state index contributed by atoms with van der Waals surface area (Å²) in [7, 11) is -1.74. The van der Waals surface area contributed by atoms with Crippen LogP contribution in [0.2, 0.25) is 0 Å². The van der Waals surface area contributed by atoms with Crippen LogP contribution >= 0.6 is 0 Å². The molecule has 8 heteroatoms. The predicted octanol–water partition coefficient (Wildman–Crippen LogP) is 1.94. The number of likely N-dealkylation sites (N-methyl/N-ethyl adjacent to an activating group) is 1. The zero-order valence-corrected chi connectivity index (χ0v) is 19.1. The zero-order chi connectivity index (χ0) is 22.3. The Morgan fingerprint density at radius 3 is 2.32 bits per heavy atom. The van der Waals surface area contributed by atoms with Gasteiger partial charge in [-0.25, -0.2) is 8.42 Å². The van der Waals surface area contributed by atoms with Gasteiger partial charge in [0.05, 0.1) is 10.6 Å². The molecular formula is C23H32N4O3S. The number of carbonyl (C=O) groups excluding carboxylic acids is 1. The number of rotatable bonds is 9. The monoisotopic (exact) mass is 444 g/mol. The quantitative estimate of drug-likeness (QED) is 0.599. The second kappa shape index (κ2) is 10.7. The van der Waals surface area contributed by atoms with Crippen LogP contribution in [-0.4, -0.2) is 77.0 Å². The highest BCUT2D eigenvalue weighted by atomic mass is 32.2. The van der Waals surface area contributed by atoms with Gasteiger partial charge >= 0.3 is 0 Å². The van der Waals surface area contributed by atoms with E-state index in [0.29, 0.717) is 12.2 Å². The first-order valence-electron chi connectivity index (χ1n) is 10.7. The molecule has 7 nitrogen and oxygen atoms in total. The lowest BCUT2D eigenvalue weighted by Gasteiger charge is -2.32. The van der Waals surface area contributed by atoms with E-state index >= 15 is 0 Å². The zero-order valence-electron chi connectivity index (χ0n) is 18.3. The third-order valence-corrected chi connectivity index (χ3v) is 7.35. The Kier molecular flexibility index (Phi) is 8.06. The fourth-order valence-electron chi connectivity index (χ4n) is 3.65. The van der Waals surface area contributed by atoms with Crippen molar-refractivity contribution in [3.8, 4) is 0 Å². The Hall–Kier alpha value is -2.42. The van der Waals surface area contributed by atoms with Gasteiger partial charge < -0.3 is 15.1 Å². The maximum atomic E-state index is 13.3. The number of carbonyl (C=O) groups is 1. The highest BCUT2D eigenvalue weighted by molar-refractivity contribution is 7.92. The summed E-state index contributed by atoms with van der Waals surface area (Å²) in [6.45, 7) is 7.26. The summed E-state index contributed by atoms with van der Waals surface area (Å²) >= 11 is 0. The van der Waals surface area contributed by atoms with Crippen molar-refractivity contribution in [2.45, 2.75) is 18.2 Å². The minimum Gasteiger partial charge on any atom is -0.354 e. The van der Waals surface area contributed by atoms with E-state index in [4.69, 9.17) is 0 Å². The van der Waals surface area contributed by atoms with Crippen LogP contribution in [-0.2, 0) is 14.8 Å². The Labute approximate surface area is 185 Å². The second-order valence-corrected chi connectivity index (χ2v) is 9.82. The largest absolute Gasteiger partial charge is 0.354 e. The van der Waals surface area contributed by atoms with E-state index in [1.807, 2.05) is 19.1 Å². The fraction of sp³-hybridized carbons (Fsp3) is 0.435. The molecule has 0 aromatic heterocycles. The van der Waals surface area contributed by atoms with E-state index in [-0.39, 0.29) is 17.3 Å². The van der Waals surface area contributed by atoms with Crippen molar-refractivity contribution in [1.29, 1.82) is 0 Å². The summed E-state index contributed by atoms with van der Waals surface area (Å²) in [6, 6.07) is 15.4. The summed E-state index contributed by atoms with van der Waals surface area (Å²) in [5.41, 5.74) is 1.31. The van der Waals surface area contributed by atoms with E-state index in [9.17, 15) is 13.2 Å². The molecule has 0 radical (unpaired) electrons. The van der Waals surface area contributed by atoms with Gasteiger partial charge in [0.1, 0.15) is 6.54 Å². The standard InChI is InChI=1S/C23H32N4O3S/c1-20-9-6-7-12-22(20)27(31(29,30)21-10-4-3-5-11-21)19-23(28)24-13-8-14-26-17-15-25(2)16-18-26/h3-7,9-12H,8,13-19H2,1-2H3,(H,24,28). The van der Waals surface area contributed by atoms with Crippen molar-refractivity contribution < 1.29 is 13.2 Å². The minimum absolute atomic E-state index is 0.168. The van der Waals surface area contributed by atoms with Crippen LogP contribution in [0.15, 0.2) is 59.5 Å². The van der Waals surface area contributed by atoms with Crippen LogP contribution in [0.5, 0.6) is 0 Å². The molecule has 0 aliphatic carbocycles. The molecule has 0 atom stereocenters. The van der Waals surface area contributed by atoms with Crippen LogP contribution in [0.25, 0.3) is 0 Å². The second-order valence-electron chi connectivity index (χ2n) is 7.96. The first-order chi connectivity index (χ1) is 14.9. The lowest BCUT2D eigenvalue weighted by Crippen LogP contribution is -2.45. The minimum atomic E-state index is -3.87. The van der Waals surface area contributed by atoms with Crippen molar-refractivity contribution in [3.63, 3.8) is 0 Å². The Balaban J connectivity index is 1.64.